The van der Waals surface area contributed by atoms with Crippen LogP contribution in [-0.4, -0.2) is 21.1 Å². The Hall–Kier alpha value is -1.89. The fourth-order valence-corrected chi connectivity index (χ4v) is 1.52. The highest BCUT2D eigenvalue weighted by atomic mass is 35.5. The van der Waals surface area contributed by atoms with Crippen molar-refractivity contribution in [2.75, 3.05) is 0 Å². The van der Waals surface area contributed by atoms with E-state index < -0.39 is 11.9 Å². The van der Waals surface area contributed by atoms with E-state index in [-0.39, 0.29) is 22.8 Å². The molecule has 0 bridgehead atoms. The maximum absolute atomic E-state index is 12.5. The first-order valence-electron chi connectivity index (χ1n) is 4.67. The highest BCUT2D eigenvalue weighted by molar-refractivity contribution is 6.32. The summed E-state index contributed by atoms with van der Waals surface area (Å²) < 4.78 is 38.2. The Morgan fingerprint density at radius 1 is 1.39 bits per heavy atom. The number of carbonyl (C=O) groups excluding carboxylic acids is 1. The van der Waals surface area contributed by atoms with E-state index in [4.69, 9.17) is 11.6 Å². The number of alkyl halides is 3. The average Bonchev–Trinajstić information content (AvgIpc) is 2.73. The average molecular weight is 276 g/mol. The molecule has 94 valence electrons. The van der Waals surface area contributed by atoms with E-state index in [0.29, 0.717) is 6.07 Å². The number of nitrogens with zero attached hydrogens (tertiary/aromatic N) is 3. The van der Waals surface area contributed by atoms with Gasteiger partial charge in [0.15, 0.2) is 17.8 Å². The number of rotatable bonds is 2. The third-order valence-electron chi connectivity index (χ3n) is 2.09. The number of carbonyl (C=O) groups is 1. The van der Waals surface area contributed by atoms with Gasteiger partial charge in [0.05, 0.1) is 5.02 Å². The summed E-state index contributed by atoms with van der Waals surface area (Å²) in [6.07, 6.45) is -3.04. The molecule has 0 N–H and O–H groups in total. The Kier molecular flexibility index (Phi) is 3.08. The third kappa shape index (κ3) is 2.21. The lowest BCUT2D eigenvalue weighted by molar-refractivity contribution is -0.141. The van der Waals surface area contributed by atoms with E-state index in [1.54, 1.807) is 0 Å². The minimum Gasteiger partial charge on any atom is -0.296 e. The maximum Gasteiger partial charge on any atom is 0.435 e. The quantitative estimate of drug-likeness (QED) is 0.792. The van der Waals surface area contributed by atoms with Crippen molar-refractivity contribution in [3.8, 4) is 5.82 Å². The molecule has 2 rings (SSSR count). The second-order valence-electron chi connectivity index (χ2n) is 3.29. The van der Waals surface area contributed by atoms with E-state index in [0.717, 1.165) is 4.68 Å². The Morgan fingerprint density at radius 2 is 2.11 bits per heavy atom. The molecule has 0 aliphatic heterocycles. The zero-order valence-electron chi connectivity index (χ0n) is 8.65. The van der Waals surface area contributed by atoms with Crippen LogP contribution in [0.15, 0.2) is 24.4 Å². The van der Waals surface area contributed by atoms with Crippen molar-refractivity contribution in [2.24, 2.45) is 0 Å². The second-order valence-corrected chi connectivity index (χ2v) is 3.70. The monoisotopic (exact) mass is 275 g/mol. The fraction of sp³-hybridized carbons (Fsp3) is 0.100. The molecule has 0 aliphatic carbocycles. The molecule has 0 saturated heterocycles. The van der Waals surface area contributed by atoms with Gasteiger partial charge in [-0.2, -0.15) is 18.3 Å². The summed E-state index contributed by atoms with van der Waals surface area (Å²) in [4.78, 5) is 14.5. The molecular weight excluding hydrogens is 271 g/mol. The molecule has 2 aromatic heterocycles. The highest BCUT2D eigenvalue weighted by Crippen LogP contribution is 2.29. The van der Waals surface area contributed by atoms with Gasteiger partial charge in [-0.3, -0.25) is 4.79 Å². The molecule has 2 aromatic rings. The summed E-state index contributed by atoms with van der Waals surface area (Å²) in [5.74, 6) is -0.0308. The van der Waals surface area contributed by atoms with Crippen LogP contribution in [0.3, 0.4) is 0 Å². The van der Waals surface area contributed by atoms with Crippen LogP contribution >= 0.6 is 11.6 Å². The lowest BCUT2D eigenvalue weighted by atomic mass is 10.3. The maximum atomic E-state index is 12.5. The fourth-order valence-electron chi connectivity index (χ4n) is 1.32. The van der Waals surface area contributed by atoms with Gasteiger partial charge in [-0.05, 0) is 18.2 Å². The number of aldehydes is 1. The van der Waals surface area contributed by atoms with Gasteiger partial charge in [-0.15, -0.1) is 0 Å². The van der Waals surface area contributed by atoms with Crippen LogP contribution in [0.5, 0.6) is 0 Å². The first-order valence-corrected chi connectivity index (χ1v) is 5.04. The molecular formula is C10H5ClF3N3O. The number of hydrogen-bond donors (Lipinski definition) is 0. The molecule has 2 heterocycles. The second kappa shape index (κ2) is 4.41. The van der Waals surface area contributed by atoms with Gasteiger partial charge < -0.3 is 0 Å². The highest BCUT2D eigenvalue weighted by Gasteiger charge is 2.35. The smallest absolute Gasteiger partial charge is 0.296 e. The minimum absolute atomic E-state index is 0.0308. The van der Waals surface area contributed by atoms with Gasteiger partial charge in [-0.25, -0.2) is 9.67 Å². The van der Waals surface area contributed by atoms with Gasteiger partial charge in [-0.1, -0.05) is 11.6 Å². The predicted octanol–water partition coefficient (Wildman–Crippen LogP) is 2.75. The third-order valence-corrected chi connectivity index (χ3v) is 2.38. The van der Waals surface area contributed by atoms with Gasteiger partial charge in [0.1, 0.15) is 5.69 Å². The molecule has 0 saturated carbocycles. The van der Waals surface area contributed by atoms with Crippen molar-refractivity contribution < 1.29 is 18.0 Å². The molecule has 0 atom stereocenters. The van der Waals surface area contributed by atoms with Crippen molar-refractivity contribution in [1.29, 1.82) is 0 Å². The predicted molar refractivity (Wildman–Crippen MR) is 56.8 cm³/mol. The van der Waals surface area contributed by atoms with Gasteiger partial charge in [0, 0.05) is 6.20 Å². The number of pyridine rings is 1. The summed E-state index contributed by atoms with van der Waals surface area (Å²) in [6.45, 7) is 0. The number of halogens is 4. The van der Waals surface area contributed by atoms with E-state index in [9.17, 15) is 18.0 Å². The van der Waals surface area contributed by atoms with Crippen molar-refractivity contribution in [3.05, 3.63) is 40.8 Å². The van der Waals surface area contributed by atoms with Crippen LogP contribution in [0, 0.1) is 0 Å². The van der Waals surface area contributed by atoms with Crippen LogP contribution in [0.4, 0.5) is 13.2 Å². The largest absolute Gasteiger partial charge is 0.435 e. The Balaban J connectivity index is 2.61. The zero-order chi connectivity index (χ0) is 13.3. The lowest BCUT2D eigenvalue weighted by Crippen LogP contribution is -2.08. The molecule has 4 nitrogen and oxygen atoms in total. The Labute approximate surface area is 104 Å². The van der Waals surface area contributed by atoms with E-state index in [1.807, 2.05) is 0 Å². The van der Waals surface area contributed by atoms with Crippen molar-refractivity contribution >= 4 is 17.9 Å². The van der Waals surface area contributed by atoms with Crippen LogP contribution in [0.1, 0.15) is 16.2 Å². The standard InChI is InChI=1S/C10H5ClF3N3O/c11-7-2-1-3-15-9(7)17-6(5-18)4-8(16-17)10(12,13)14/h1-5H. The van der Waals surface area contributed by atoms with Crippen molar-refractivity contribution in [2.45, 2.75) is 6.18 Å². The van der Waals surface area contributed by atoms with E-state index in [2.05, 4.69) is 10.1 Å². The molecule has 0 amide bonds. The van der Waals surface area contributed by atoms with Crippen molar-refractivity contribution in [1.82, 2.24) is 14.8 Å². The van der Waals surface area contributed by atoms with Gasteiger partial charge >= 0.3 is 6.18 Å². The Morgan fingerprint density at radius 3 is 2.67 bits per heavy atom. The topological polar surface area (TPSA) is 47.8 Å². The zero-order valence-corrected chi connectivity index (χ0v) is 9.40. The molecule has 0 spiro atoms. The Bertz CT molecular complexity index is 594. The SMILES string of the molecule is O=Cc1cc(C(F)(F)F)nn1-c1ncccc1Cl. The molecule has 0 fully saturated rings. The molecule has 18 heavy (non-hydrogen) atoms. The summed E-state index contributed by atoms with van der Waals surface area (Å²) in [7, 11) is 0. The first kappa shape index (κ1) is 12.6. The lowest BCUT2D eigenvalue weighted by Gasteiger charge is -2.04. The van der Waals surface area contributed by atoms with Gasteiger partial charge in [0.2, 0.25) is 0 Å². The van der Waals surface area contributed by atoms with Crippen molar-refractivity contribution in [3.63, 3.8) is 0 Å². The minimum atomic E-state index is -4.63. The summed E-state index contributed by atoms with van der Waals surface area (Å²) >= 11 is 5.79. The molecule has 0 unspecified atom stereocenters. The normalized spacial score (nSPS) is 11.6. The number of aromatic nitrogens is 3. The first-order chi connectivity index (χ1) is 8.43. The van der Waals surface area contributed by atoms with E-state index in [1.165, 1.54) is 18.3 Å². The van der Waals surface area contributed by atoms with Crippen LogP contribution in [0.25, 0.3) is 5.82 Å². The number of hydrogen-bond acceptors (Lipinski definition) is 3. The van der Waals surface area contributed by atoms with Crippen LogP contribution in [-0.2, 0) is 6.18 Å². The van der Waals surface area contributed by atoms with Gasteiger partial charge in [0.25, 0.3) is 0 Å². The van der Waals surface area contributed by atoms with Crippen LogP contribution < -0.4 is 0 Å². The molecule has 0 radical (unpaired) electrons. The summed E-state index contributed by atoms with van der Waals surface area (Å²) in [5, 5.41) is 3.39. The molecule has 8 heteroatoms. The van der Waals surface area contributed by atoms with Crippen LogP contribution in [0.2, 0.25) is 5.02 Å². The molecule has 0 aromatic carbocycles. The summed E-state index contributed by atoms with van der Waals surface area (Å²) in [5.41, 5.74) is -1.45. The summed E-state index contributed by atoms with van der Waals surface area (Å²) in [6, 6.07) is 3.59. The molecule has 0 aliphatic rings. The van der Waals surface area contributed by atoms with E-state index >= 15 is 0 Å².